The lowest BCUT2D eigenvalue weighted by atomic mass is 10.1. The number of carbonyl (C=O) groups is 3. The highest BCUT2D eigenvalue weighted by Crippen LogP contribution is 2.35. The highest BCUT2D eigenvalue weighted by molar-refractivity contribution is 6.01. The van der Waals surface area contributed by atoms with Gasteiger partial charge in [-0.3, -0.25) is 9.59 Å². The molecule has 1 aliphatic heterocycles. The predicted octanol–water partition coefficient (Wildman–Crippen LogP) is 1.66. The van der Waals surface area contributed by atoms with Crippen molar-refractivity contribution in [3.8, 4) is 11.5 Å². The minimum Gasteiger partial charge on any atom is -0.497 e. The molecule has 1 unspecified atom stereocenters. The van der Waals surface area contributed by atoms with Gasteiger partial charge in [-0.2, -0.15) is 0 Å². The van der Waals surface area contributed by atoms with Gasteiger partial charge in [-0.05, 0) is 24.3 Å². The zero-order valence-corrected chi connectivity index (χ0v) is 15.4. The monoisotopic (exact) mass is 388 g/mol. The molecule has 1 fully saturated rings. The van der Waals surface area contributed by atoms with Crippen molar-refractivity contribution in [1.82, 2.24) is 5.32 Å². The van der Waals surface area contributed by atoms with E-state index in [1.165, 1.54) is 31.3 Å². The topological polar surface area (TPSA) is 118 Å². The zero-order chi connectivity index (χ0) is 20.3. The third-order valence-electron chi connectivity index (χ3n) is 4.48. The Hall–Kier alpha value is -3.49. The lowest BCUT2D eigenvalue weighted by molar-refractivity contribution is -0.126. The summed E-state index contributed by atoms with van der Waals surface area (Å²) in [6.07, 6.45) is 0.0690. The molecule has 0 saturated carbocycles. The van der Waals surface area contributed by atoms with Crippen molar-refractivity contribution < 1.29 is 33.4 Å². The van der Waals surface area contributed by atoms with Crippen molar-refractivity contribution in [2.45, 2.75) is 13.0 Å². The van der Waals surface area contributed by atoms with E-state index in [1.807, 2.05) is 0 Å². The van der Waals surface area contributed by atoms with E-state index in [0.717, 1.165) is 0 Å². The van der Waals surface area contributed by atoms with Crippen LogP contribution in [0.4, 0.5) is 5.69 Å². The largest absolute Gasteiger partial charge is 0.497 e. The lowest BCUT2D eigenvalue weighted by Crippen LogP contribution is -2.32. The van der Waals surface area contributed by atoms with Crippen LogP contribution in [-0.4, -0.2) is 43.7 Å². The minimum absolute atomic E-state index is 0.0443. The Morgan fingerprint density at radius 3 is 2.68 bits per heavy atom. The molecule has 1 aliphatic rings. The van der Waals surface area contributed by atoms with Gasteiger partial charge in [0.25, 0.3) is 0 Å². The maximum Gasteiger partial charge on any atom is 0.371 e. The van der Waals surface area contributed by atoms with E-state index in [4.69, 9.17) is 19.0 Å². The predicted molar refractivity (Wildman–Crippen MR) is 97.5 cm³/mol. The summed E-state index contributed by atoms with van der Waals surface area (Å²) >= 11 is 0. The molecule has 1 saturated heterocycles. The second-order valence-electron chi connectivity index (χ2n) is 6.23. The van der Waals surface area contributed by atoms with Crippen LogP contribution in [0.5, 0.6) is 11.5 Å². The number of anilines is 1. The fourth-order valence-corrected chi connectivity index (χ4v) is 3.03. The maximum atomic E-state index is 12.4. The molecule has 148 valence electrons. The molecule has 1 aromatic heterocycles. The summed E-state index contributed by atoms with van der Waals surface area (Å²) in [6.45, 7) is 0.258. The van der Waals surface area contributed by atoms with E-state index < -0.39 is 11.9 Å². The van der Waals surface area contributed by atoms with Gasteiger partial charge >= 0.3 is 5.97 Å². The van der Waals surface area contributed by atoms with Gasteiger partial charge in [-0.1, -0.05) is 0 Å². The van der Waals surface area contributed by atoms with E-state index in [9.17, 15) is 14.4 Å². The molecule has 3 rings (SSSR count). The van der Waals surface area contributed by atoms with Gasteiger partial charge in [-0.25, -0.2) is 4.79 Å². The van der Waals surface area contributed by atoms with E-state index in [1.54, 1.807) is 18.2 Å². The van der Waals surface area contributed by atoms with Gasteiger partial charge in [0.1, 0.15) is 17.3 Å². The Balaban J connectivity index is 1.65. The number of carboxylic acid groups (broad SMARTS) is 1. The normalized spacial score (nSPS) is 16.1. The van der Waals surface area contributed by atoms with Crippen LogP contribution in [0.15, 0.2) is 34.7 Å². The Morgan fingerprint density at radius 1 is 1.25 bits per heavy atom. The van der Waals surface area contributed by atoms with Crippen LogP contribution in [0.3, 0.4) is 0 Å². The first-order valence-electron chi connectivity index (χ1n) is 8.55. The van der Waals surface area contributed by atoms with Crippen molar-refractivity contribution in [3.63, 3.8) is 0 Å². The van der Waals surface area contributed by atoms with Crippen molar-refractivity contribution in [2.24, 2.45) is 5.92 Å². The highest BCUT2D eigenvalue weighted by atomic mass is 16.5. The molecule has 9 nitrogen and oxygen atoms in total. The van der Waals surface area contributed by atoms with Crippen molar-refractivity contribution in [2.75, 3.05) is 25.7 Å². The first-order chi connectivity index (χ1) is 13.4. The molecule has 0 aliphatic carbocycles. The number of carboxylic acids is 1. The molecule has 2 N–H and O–H groups in total. The van der Waals surface area contributed by atoms with Gasteiger partial charge in [0.05, 0.1) is 32.4 Å². The third-order valence-corrected chi connectivity index (χ3v) is 4.48. The van der Waals surface area contributed by atoms with Crippen molar-refractivity contribution in [3.05, 3.63) is 41.9 Å². The summed E-state index contributed by atoms with van der Waals surface area (Å²) in [4.78, 5) is 37.2. The number of hydrogen-bond donors (Lipinski definition) is 2. The van der Waals surface area contributed by atoms with Crippen LogP contribution >= 0.6 is 0 Å². The molecule has 0 bridgehead atoms. The Bertz CT molecular complexity index is 905. The molecule has 2 heterocycles. The van der Waals surface area contributed by atoms with Crippen LogP contribution in [0.25, 0.3) is 0 Å². The van der Waals surface area contributed by atoms with Crippen LogP contribution < -0.4 is 19.7 Å². The average molecular weight is 388 g/mol. The van der Waals surface area contributed by atoms with E-state index in [0.29, 0.717) is 22.9 Å². The zero-order valence-electron chi connectivity index (χ0n) is 15.4. The van der Waals surface area contributed by atoms with Gasteiger partial charge in [0.15, 0.2) is 0 Å². The lowest BCUT2D eigenvalue weighted by Gasteiger charge is -2.20. The van der Waals surface area contributed by atoms with E-state index in [-0.39, 0.29) is 37.1 Å². The first kappa shape index (κ1) is 19.3. The first-order valence-corrected chi connectivity index (χ1v) is 8.55. The fraction of sp³-hybridized carbons (Fsp3) is 0.316. The molecule has 2 amide bonds. The van der Waals surface area contributed by atoms with Gasteiger partial charge < -0.3 is 29.2 Å². The van der Waals surface area contributed by atoms with Gasteiger partial charge in [0.2, 0.25) is 17.6 Å². The minimum atomic E-state index is -1.18. The van der Waals surface area contributed by atoms with E-state index >= 15 is 0 Å². The number of ether oxygens (including phenoxy) is 2. The van der Waals surface area contributed by atoms with Crippen LogP contribution in [0, 0.1) is 5.92 Å². The maximum absolute atomic E-state index is 12.4. The van der Waals surface area contributed by atoms with Crippen molar-refractivity contribution >= 4 is 23.5 Å². The number of benzene rings is 1. The summed E-state index contributed by atoms with van der Waals surface area (Å²) < 4.78 is 15.6. The number of methoxy groups -OCH3 is 2. The Kier molecular flexibility index (Phi) is 5.53. The smallest absolute Gasteiger partial charge is 0.371 e. The number of carbonyl (C=O) groups excluding carboxylic acids is 2. The SMILES string of the molecule is COc1ccc(N2CC(C(=O)NCc3ccc(C(=O)O)o3)CC2=O)c(OC)c1. The Labute approximate surface area is 160 Å². The van der Waals surface area contributed by atoms with Crippen LogP contribution in [-0.2, 0) is 16.1 Å². The van der Waals surface area contributed by atoms with Gasteiger partial charge in [0, 0.05) is 19.0 Å². The van der Waals surface area contributed by atoms with Crippen LogP contribution in [0.2, 0.25) is 0 Å². The summed E-state index contributed by atoms with van der Waals surface area (Å²) in [5, 5.41) is 11.5. The molecule has 28 heavy (non-hydrogen) atoms. The molecule has 1 atom stereocenters. The second-order valence-corrected chi connectivity index (χ2v) is 6.23. The third kappa shape index (κ3) is 3.93. The number of nitrogens with one attached hydrogen (secondary N) is 1. The number of aromatic carboxylic acids is 1. The van der Waals surface area contributed by atoms with Crippen LogP contribution in [0.1, 0.15) is 22.7 Å². The number of rotatable bonds is 7. The molecule has 1 aromatic carbocycles. The molecular formula is C19H20N2O7. The van der Waals surface area contributed by atoms with Crippen molar-refractivity contribution in [1.29, 1.82) is 0 Å². The standard InChI is InChI=1S/C19H20N2O7/c1-26-12-3-5-14(16(8-12)27-2)21-10-11(7-17(21)22)18(23)20-9-13-4-6-15(28-13)19(24)25/h3-6,8,11H,7,9-10H2,1-2H3,(H,20,23)(H,24,25). The quantitative estimate of drug-likeness (QED) is 0.740. The number of furan rings is 1. The number of amides is 2. The van der Waals surface area contributed by atoms with E-state index in [2.05, 4.69) is 5.32 Å². The van der Waals surface area contributed by atoms with Gasteiger partial charge in [-0.15, -0.1) is 0 Å². The summed E-state index contributed by atoms with van der Waals surface area (Å²) in [5.74, 6) is -1.00. The highest BCUT2D eigenvalue weighted by Gasteiger charge is 2.36. The second kappa shape index (κ2) is 8.03. The summed E-state index contributed by atoms with van der Waals surface area (Å²) in [7, 11) is 3.03. The number of hydrogen-bond acceptors (Lipinski definition) is 6. The average Bonchev–Trinajstić information content (AvgIpc) is 3.32. The molecular weight excluding hydrogens is 368 g/mol. The Morgan fingerprint density at radius 2 is 2.04 bits per heavy atom. The fourth-order valence-electron chi connectivity index (χ4n) is 3.03. The molecule has 2 aromatic rings. The number of nitrogens with zero attached hydrogens (tertiary/aromatic N) is 1. The molecule has 9 heteroatoms. The molecule has 0 radical (unpaired) electrons. The summed E-state index contributed by atoms with van der Waals surface area (Å²) in [6, 6.07) is 7.91. The molecule has 0 spiro atoms. The summed E-state index contributed by atoms with van der Waals surface area (Å²) in [5.41, 5.74) is 0.570.